The molecule has 0 unspecified atom stereocenters. The van der Waals surface area contributed by atoms with Crippen LogP contribution in [0, 0.1) is 0 Å². The second-order valence-corrected chi connectivity index (χ2v) is 5.96. The lowest BCUT2D eigenvalue weighted by atomic mass is 9.76. The molecule has 32 heavy (non-hydrogen) atoms. The SMILES string of the molecule is FN(C(F)(F)C(F)(F)C(F)(F)C(F)(F)F)C1(F)C(F)(F)C(F)(F)C(F)(F)C(F)(F)C1(F)F. The van der Waals surface area contributed by atoms with Crippen LogP contribution in [0.1, 0.15) is 0 Å². The van der Waals surface area contributed by atoms with E-state index in [-0.39, 0.29) is 0 Å². The fraction of sp³-hybridized carbons (Fsp3) is 1.00. The minimum Gasteiger partial charge on any atom is -0.209 e. The first-order valence-electron chi connectivity index (χ1n) is 6.65. The predicted molar refractivity (Wildman–Crippen MR) is 52.4 cm³/mol. The van der Waals surface area contributed by atoms with Crippen molar-refractivity contribution in [1.82, 2.24) is 5.12 Å². The smallest absolute Gasteiger partial charge is 0.209 e. The third-order valence-corrected chi connectivity index (χ3v) is 4.05. The van der Waals surface area contributed by atoms with Crippen LogP contribution in [-0.4, -0.2) is 64.6 Å². The molecule has 0 radical (unpaired) electrons. The Labute approximate surface area is 158 Å². The molecule has 0 heterocycles. The van der Waals surface area contributed by atoms with Gasteiger partial charge >= 0.3 is 59.5 Å². The summed E-state index contributed by atoms with van der Waals surface area (Å²) in [6.07, 6.45) is -7.94. The van der Waals surface area contributed by atoms with E-state index in [4.69, 9.17) is 0 Å². The van der Waals surface area contributed by atoms with E-state index in [1.165, 1.54) is 0 Å². The Kier molecular flexibility index (Phi) is 5.64. The van der Waals surface area contributed by atoms with E-state index in [1.54, 1.807) is 0 Å². The van der Waals surface area contributed by atoms with E-state index in [1.807, 2.05) is 0 Å². The Morgan fingerprint density at radius 1 is 0.406 bits per heavy atom. The first-order valence-corrected chi connectivity index (χ1v) is 6.65. The zero-order valence-corrected chi connectivity index (χ0v) is 13.4. The molecule has 1 aliphatic rings. The average molecular weight is 533 g/mol. The molecule has 1 rings (SSSR count). The average Bonchev–Trinajstić information content (AvgIpc) is 2.56. The van der Waals surface area contributed by atoms with Gasteiger partial charge < -0.3 is 0 Å². The Morgan fingerprint density at radius 3 is 0.906 bits per heavy atom. The summed E-state index contributed by atoms with van der Waals surface area (Å²) >= 11 is 0. The summed E-state index contributed by atoms with van der Waals surface area (Å²) in [5, 5.41) is -5.20. The van der Waals surface area contributed by atoms with Gasteiger partial charge in [0, 0.05) is 0 Å². The van der Waals surface area contributed by atoms with Crippen molar-refractivity contribution in [3.8, 4) is 0 Å². The zero-order chi connectivity index (χ0) is 26.6. The van der Waals surface area contributed by atoms with Gasteiger partial charge in [0.15, 0.2) is 0 Å². The molecule has 0 spiro atoms. The monoisotopic (exact) mass is 533 g/mol. The Balaban J connectivity index is 3.99. The van der Waals surface area contributed by atoms with E-state index in [9.17, 15) is 92.3 Å². The van der Waals surface area contributed by atoms with Crippen molar-refractivity contribution in [2.24, 2.45) is 0 Å². The van der Waals surface area contributed by atoms with Crippen LogP contribution in [-0.2, 0) is 0 Å². The van der Waals surface area contributed by atoms with Crippen molar-refractivity contribution in [3.05, 3.63) is 0 Å². The number of hydrogen-bond donors (Lipinski definition) is 0. The number of alkyl halides is 20. The highest BCUT2D eigenvalue weighted by Gasteiger charge is 3.04. The van der Waals surface area contributed by atoms with Gasteiger partial charge in [0.25, 0.3) is 0 Å². The molecule has 192 valence electrons. The highest BCUT2D eigenvalue weighted by Crippen LogP contribution is 2.71. The normalized spacial score (nSPS) is 26.8. The maximum Gasteiger partial charge on any atom is 0.460 e. The molecule has 0 saturated heterocycles. The molecule has 0 aliphatic heterocycles. The van der Waals surface area contributed by atoms with E-state index in [0.717, 1.165) is 0 Å². The van der Waals surface area contributed by atoms with Crippen LogP contribution >= 0.6 is 0 Å². The second kappa shape index (κ2) is 6.33. The van der Waals surface area contributed by atoms with Gasteiger partial charge in [0.1, 0.15) is 0 Å². The van der Waals surface area contributed by atoms with Gasteiger partial charge in [0.2, 0.25) is 0 Å². The van der Waals surface area contributed by atoms with Crippen molar-refractivity contribution in [2.45, 2.75) is 59.5 Å². The molecule has 0 amide bonds. The number of rotatable bonds is 4. The van der Waals surface area contributed by atoms with E-state index in [2.05, 4.69) is 0 Å². The Hall–Kier alpha value is -1.51. The topological polar surface area (TPSA) is 3.24 Å². The largest absolute Gasteiger partial charge is 0.460 e. The van der Waals surface area contributed by atoms with Crippen LogP contribution in [0.25, 0.3) is 0 Å². The zero-order valence-electron chi connectivity index (χ0n) is 13.4. The van der Waals surface area contributed by atoms with E-state index < -0.39 is 64.6 Å². The van der Waals surface area contributed by atoms with Crippen LogP contribution in [0.3, 0.4) is 0 Å². The quantitative estimate of drug-likeness (QED) is 0.228. The van der Waals surface area contributed by atoms with E-state index >= 15 is 0 Å². The lowest BCUT2D eigenvalue weighted by Crippen LogP contribution is -2.88. The van der Waals surface area contributed by atoms with Crippen molar-refractivity contribution in [3.63, 3.8) is 0 Å². The first kappa shape index (κ1) is 28.5. The molecule has 0 N–H and O–H groups in total. The number of nitrogens with zero attached hydrogens (tertiary/aromatic N) is 1. The van der Waals surface area contributed by atoms with Crippen LogP contribution < -0.4 is 0 Å². The molecule has 1 saturated carbocycles. The van der Waals surface area contributed by atoms with E-state index in [0.29, 0.717) is 0 Å². The molecule has 0 aromatic rings. The van der Waals surface area contributed by atoms with Gasteiger partial charge in [-0.25, -0.2) is 4.39 Å². The Morgan fingerprint density at radius 2 is 0.656 bits per heavy atom. The predicted octanol–water partition coefficient (Wildman–Crippen LogP) is 6.45. The molecule has 1 aliphatic carbocycles. The van der Waals surface area contributed by atoms with Crippen molar-refractivity contribution < 1.29 is 92.3 Å². The first-order chi connectivity index (χ1) is 13.4. The molecule has 0 atom stereocenters. The van der Waals surface area contributed by atoms with Gasteiger partial charge in [-0.1, -0.05) is 0 Å². The highest BCUT2D eigenvalue weighted by molar-refractivity contribution is 5.26. The van der Waals surface area contributed by atoms with Crippen molar-refractivity contribution in [2.75, 3.05) is 0 Å². The molecule has 0 aromatic carbocycles. The summed E-state index contributed by atoms with van der Waals surface area (Å²) in [7, 11) is 0. The Bertz CT molecular complexity index is 714. The second-order valence-electron chi connectivity index (χ2n) is 5.96. The molecular formula is C10F21N. The lowest BCUT2D eigenvalue weighted by molar-refractivity contribution is -0.547. The standard InChI is InChI=1S/C10F21N/c11-1(12)2(13,14)4(17,18)8(25,5(19,20)3(1,15)16)32(31)10(29,30)7(23,24)6(21,22)9(26,27)28. The summed E-state index contributed by atoms with van der Waals surface area (Å²) in [6.45, 7) is 0. The van der Waals surface area contributed by atoms with Crippen molar-refractivity contribution >= 4 is 0 Å². The highest BCUT2D eigenvalue weighted by atomic mass is 19.4. The van der Waals surface area contributed by atoms with Gasteiger partial charge in [-0.05, 0) is 5.12 Å². The minimum absolute atomic E-state index is 5.20. The number of halogens is 21. The van der Waals surface area contributed by atoms with Gasteiger partial charge in [-0.15, -0.1) is 4.48 Å². The van der Waals surface area contributed by atoms with Crippen LogP contribution in [0.5, 0.6) is 0 Å². The summed E-state index contributed by atoms with van der Waals surface area (Å²) < 4.78 is 272. The van der Waals surface area contributed by atoms with Crippen molar-refractivity contribution in [1.29, 1.82) is 0 Å². The fourth-order valence-electron chi connectivity index (χ4n) is 2.13. The summed E-state index contributed by atoms with van der Waals surface area (Å²) in [4.78, 5) is 0. The molecular weight excluding hydrogens is 533 g/mol. The maximum atomic E-state index is 14.0. The third-order valence-electron chi connectivity index (χ3n) is 4.05. The summed E-state index contributed by atoms with van der Waals surface area (Å²) in [6, 6.07) is -8.74. The fourth-order valence-corrected chi connectivity index (χ4v) is 2.13. The maximum absolute atomic E-state index is 14.0. The third kappa shape index (κ3) is 2.57. The summed E-state index contributed by atoms with van der Waals surface area (Å²) in [5.41, 5.74) is 0. The van der Waals surface area contributed by atoms with Crippen LogP contribution in [0.2, 0.25) is 0 Å². The number of hydrogen-bond acceptors (Lipinski definition) is 1. The lowest BCUT2D eigenvalue weighted by Gasteiger charge is -2.54. The molecule has 1 fully saturated rings. The minimum atomic E-state index is -8.77. The molecule has 0 aromatic heterocycles. The van der Waals surface area contributed by atoms with Gasteiger partial charge in [-0.3, -0.25) is 0 Å². The summed E-state index contributed by atoms with van der Waals surface area (Å²) in [5.74, 6) is -67.9. The van der Waals surface area contributed by atoms with Gasteiger partial charge in [0.05, 0.1) is 0 Å². The molecule has 0 bridgehead atoms. The van der Waals surface area contributed by atoms with Crippen LogP contribution in [0.15, 0.2) is 0 Å². The molecule has 22 heteroatoms. The molecule has 1 nitrogen and oxygen atoms in total. The van der Waals surface area contributed by atoms with Gasteiger partial charge in [-0.2, -0.15) is 83.4 Å². The van der Waals surface area contributed by atoms with Crippen LogP contribution in [0.4, 0.5) is 92.3 Å².